The molecule has 1 unspecified atom stereocenters. The lowest BCUT2D eigenvalue weighted by Crippen LogP contribution is -2.58. The number of nitrogens with zero attached hydrogens (tertiary/aromatic N) is 1. The summed E-state index contributed by atoms with van der Waals surface area (Å²) in [5.74, 6) is -1.65. The first-order valence-corrected chi connectivity index (χ1v) is 14.6. The van der Waals surface area contributed by atoms with E-state index in [-0.39, 0.29) is 10.6 Å². The van der Waals surface area contributed by atoms with E-state index in [9.17, 15) is 23.1 Å². The molecule has 0 saturated carbocycles. The fourth-order valence-electron chi connectivity index (χ4n) is 4.29. The monoisotopic (exact) mass is 571 g/mol. The molecule has 4 aromatic carbocycles. The molecule has 0 spiro atoms. The molecule has 2 amide bonds. The van der Waals surface area contributed by atoms with Crippen molar-refractivity contribution >= 4 is 27.5 Å². The summed E-state index contributed by atoms with van der Waals surface area (Å²) in [5.41, 5.74) is 4.07. The number of carbonyl (C=O) groups excluding carboxylic acids is 2. The second-order valence-electron chi connectivity index (χ2n) is 10.0. The van der Waals surface area contributed by atoms with Gasteiger partial charge in [0.15, 0.2) is 5.60 Å². The standard InChI is InChI=1S/C32H33N3O5S/c1-22-10-16-26(17-11-22)32(38,27-18-12-23(2)13-19-27)31(37)33-35(28-8-6-5-7-9-28)30(36)25(4)34-41(39,40)29-20-14-24(3)15-21-29/h5-21,25,34,38H,1-4H3,(H,33,37). The first kappa shape index (κ1) is 29.7. The number of anilines is 1. The van der Waals surface area contributed by atoms with Gasteiger partial charge in [0.2, 0.25) is 10.0 Å². The number of aryl methyl sites for hydroxylation is 3. The molecule has 0 bridgehead atoms. The summed E-state index contributed by atoms with van der Waals surface area (Å²) in [6.45, 7) is 7.01. The molecule has 4 rings (SSSR count). The molecular weight excluding hydrogens is 538 g/mol. The maximum Gasteiger partial charge on any atom is 0.280 e. The molecule has 41 heavy (non-hydrogen) atoms. The lowest BCUT2D eigenvalue weighted by Gasteiger charge is -2.33. The fraction of sp³-hybridized carbons (Fsp3) is 0.188. The molecule has 0 radical (unpaired) electrons. The number of nitrogens with one attached hydrogen (secondary N) is 2. The van der Waals surface area contributed by atoms with E-state index in [1.54, 1.807) is 91.0 Å². The van der Waals surface area contributed by atoms with Crippen LogP contribution in [0.15, 0.2) is 108 Å². The van der Waals surface area contributed by atoms with Gasteiger partial charge in [-0.05, 0) is 63.1 Å². The molecule has 212 valence electrons. The molecule has 3 N–H and O–H groups in total. The van der Waals surface area contributed by atoms with Crippen LogP contribution in [0.1, 0.15) is 34.7 Å². The molecule has 4 aromatic rings. The summed E-state index contributed by atoms with van der Waals surface area (Å²) in [6.07, 6.45) is 0. The van der Waals surface area contributed by atoms with Crippen LogP contribution in [0.5, 0.6) is 0 Å². The van der Waals surface area contributed by atoms with Gasteiger partial charge in [-0.25, -0.2) is 13.4 Å². The van der Waals surface area contributed by atoms with Crippen molar-refractivity contribution < 1.29 is 23.1 Å². The van der Waals surface area contributed by atoms with Crippen molar-refractivity contribution in [1.29, 1.82) is 0 Å². The maximum absolute atomic E-state index is 14.0. The van der Waals surface area contributed by atoms with Crippen molar-refractivity contribution in [3.8, 4) is 0 Å². The highest BCUT2D eigenvalue weighted by Crippen LogP contribution is 2.31. The molecule has 1 atom stereocenters. The summed E-state index contributed by atoms with van der Waals surface area (Å²) in [7, 11) is -4.05. The Balaban J connectivity index is 1.70. The third-order valence-corrected chi connectivity index (χ3v) is 8.31. The molecule has 0 fully saturated rings. The van der Waals surface area contributed by atoms with E-state index in [2.05, 4.69) is 10.1 Å². The Kier molecular flexibility index (Phi) is 8.72. The van der Waals surface area contributed by atoms with Crippen molar-refractivity contribution in [2.45, 2.75) is 44.2 Å². The van der Waals surface area contributed by atoms with Gasteiger partial charge in [0, 0.05) is 0 Å². The maximum atomic E-state index is 14.0. The molecule has 0 heterocycles. The van der Waals surface area contributed by atoms with Gasteiger partial charge in [0.1, 0.15) is 6.04 Å². The molecule has 0 aromatic heterocycles. The molecule has 9 heteroatoms. The topological polar surface area (TPSA) is 116 Å². The number of hydrazine groups is 1. The van der Waals surface area contributed by atoms with Gasteiger partial charge in [0.05, 0.1) is 10.6 Å². The first-order valence-electron chi connectivity index (χ1n) is 13.1. The summed E-state index contributed by atoms with van der Waals surface area (Å²) in [6, 6.07) is 27.0. The van der Waals surface area contributed by atoms with Crippen LogP contribution in [0.4, 0.5) is 5.69 Å². The number of rotatable bonds is 8. The highest BCUT2D eigenvalue weighted by Gasteiger charge is 2.42. The average Bonchev–Trinajstić information content (AvgIpc) is 2.96. The van der Waals surface area contributed by atoms with Crippen molar-refractivity contribution in [1.82, 2.24) is 10.1 Å². The number of aliphatic hydroxyl groups is 1. The van der Waals surface area contributed by atoms with E-state index in [1.807, 2.05) is 20.8 Å². The largest absolute Gasteiger partial charge is 0.372 e. The highest BCUT2D eigenvalue weighted by atomic mass is 32.2. The molecule has 0 aliphatic heterocycles. The summed E-state index contributed by atoms with van der Waals surface area (Å²) < 4.78 is 28.4. The van der Waals surface area contributed by atoms with E-state index < -0.39 is 33.5 Å². The van der Waals surface area contributed by atoms with Crippen molar-refractivity contribution in [2.24, 2.45) is 0 Å². The minimum Gasteiger partial charge on any atom is -0.372 e. The number of para-hydroxylation sites is 1. The Morgan fingerprint density at radius 1 is 0.732 bits per heavy atom. The molecule has 0 aliphatic carbocycles. The van der Waals surface area contributed by atoms with Crippen LogP contribution in [-0.2, 0) is 25.2 Å². The van der Waals surface area contributed by atoms with Gasteiger partial charge in [-0.1, -0.05) is 95.6 Å². The van der Waals surface area contributed by atoms with Crippen LogP contribution >= 0.6 is 0 Å². The second kappa shape index (κ2) is 12.1. The van der Waals surface area contributed by atoms with Crippen LogP contribution in [0.3, 0.4) is 0 Å². The van der Waals surface area contributed by atoms with Gasteiger partial charge >= 0.3 is 0 Å². The number of amides is 2. The minimum atomic E-state index is -4.05. The Labute approximate surface area is 240 Å². The third kappa shape index (κ3) is 6.54. The zero-order chi connectivity index (χ0) is 29.8. The predicted octanol–water partition coefficient (Wildman–Crippen LogP) is 4.28. The van der Waals surface area contributed by atoms with Crippen LogP contribution < -0.4 is 15.2 Å². The van der Waals surface area contributed by atoms with Crippen LogP contribution in [0.2, 0.25) is 0 Å². The van der Waals surface area contributed by atoms with Gasteiger partial charge in [-0.15, -0.1) is 0 Å². The second-order valence-corrected chi connectivity index (χ2v) is 11.8. The number of hydrogen-bond donors (Lipinski definition) is 3. The Hall–Kier alpha value is -4.31. The van der Waals surface area contributed by atoms with E-state index in [0.29, 0.717) is 11.1 Å². The van der Waals surface area contributed by atoms with Crippen molar-refractivity contribution in [3.05, 3.63) is 131 Å². The summed E-state index contributed by atoms with van der Waals surface area (Å²) in [4.78, 5) is 27.7. The number of carbonyl (C=O) groups is 2. The normalized spacial score (nSPS) is 12.4. The van der Waals surface area contributed by atoms with Crippen LogP contribution in [0, 0.1) is 20.8 Å². The van der Waals surface area contributed by atoms with Crippen LogP contribution in [-0.4, -0.2) is 31.4 Å². The average molecular weight is 572 g/mol. The lowest BCUT2D eigenvalue weighted by atomic mass is 9.85. The van der Waals surface area contributed by atoms with Crippen LogP contribution in [0.25, 0.3) is 0 Å². The zero-order valence-electron chi connectivity index (χ0n) is 23.3. The minimum absolute atomic E-state index is 0.00571. The van der Waals surface area contributed by atoms with Gasteiger partial charge in [0.25, 0.3) is 11.8 Å². The number of benzene rings is 4. The number of hydrogen-bond acceptors (Lipinski definition) is 5. The van der Waals surface area contributed by atoms with Gasteiger partial charge in [-0.2, -0.15) is 4.72 Å². The molecular formula is C32H33N3O5S. The summed E-state index contributed by atoms with van der Waals surface area (Å²) >= 11 is 0. The van der Waals surface area contributed by atoms with E-state index in [4.69, 9.17) is 0 Å². The van der Waals surface area contributed by atoms with E-state index in [1.165, 1.54) is 19.1 Å². The quantitative estimate of drug-likeness (QED) is 0.273. The Morgan fingerprint density at radius 3 is 1.63 bits per heavy atom. The number of sulfonamides is 1. The molecule has 8 nitrogen and oxygen atoms in total. The molecule has 0 aliphatic rings. The Morgan fingerprint density at radius 2 is 1.17 bits per heavy atom. The summed E-state index contributed by atoms with van der Waals surface area (Å²) in [5, 5.41) is 13.0. The Bertz CT molecular complexity index is 1570. The van der Waals surface area contributed by atoms with E-state index in [0.717, 1.165) is 21.7 Å². The smallest absolute Gasteiger partial charge is 0.280 e. The fourth-order valence-corrected chi connectivity index (χ4v) is 5.48. The van der Waals surface area contributed by atoms with Crippen molar-refractivity contribution in [3.63, 3.8) is 0 Å². The first-order chi connectivity index (χ1) is 19.4. The van der Waals surface area contributed by atoms with Crippen molar-refractivity contribution in [2.75, 3.05) is 5.01 Å². The van der Waals surface area contributed by atoms with Gasteiger partial charge < -0.3 is 5.11 Å². The van der Waals surface area contributed by atoms with Gasteiger partial charge in [-0.3, -0.25) is 15.0 Å². The third-order valence-electron chi connectivity index (χ3n) is 6.75. The lowest BCUT2D eigenvalue weighted by molar-refractivity contribution is -0.138. The zero-order valence-corrected chi connectivity index (χ0v) is 24.1. The SMILES string of the molecule is Cc1ccc(C(O)(C(=O)NN(C(=O)C(C)NS(=O)(=O)c2ccc(C)cc2)c2ccccc2)c2ccc(C)cc2)cc1. The predicted molar refractivity (Wildman–Crippen MR) is 158 cm³/mol. The highest BCUT2D eigenvalue weighted by molar-refractivity contribution is 7.89. The molecule has 0 saturated heterocycles. The van der Waals surface area contributed by atoms with E-state index >= 15 is 0 Å².